The second kappa shape index (κ2) is 7.18. The minimum atomic E-state index is -1.01. The summed E-state index contributed by atoms with van der Waals surface area (Å²) in [6.45, 7) is 9.67. The van der Waals surface area contributed by atoms with Crippen LogP contribution in [0.15, 0.2) is 22.6 Å². The zero-order valence-electron chi connectivity index (χ0n) is 15.9. The first-order valence-electron chi connectivity index (χ1n) is 9.07. The van der Waals surface area contributed by atoms with Crippen LogP contribution >= 0.6 is 0 Å². The molecule has 5 heteroatoms. The Bertz CT molecular complexity index is 729. The summed E-state index contributed by atoms with van der Waals surface area (Å²) in [6.07, 6.45) is 2.25. The molecular formula is C20H30N2O3. The summed E-state index contributed by atoms with van der Waals surface area (Å²) in [5, 5.41) is 21.6. The first-order valence-corrected chi connectivity index (χ1v) is 9.07. The topological polar surface area (TPSA) is 92.5 Å². The number of aryl methyl sites for hydroxylation is 1. The molecule has 5 nitrogen and oxygen atoms in total. The fraction of sp³-hybridized carbons (Fsp3) is 0.550. The van der Waals surface area contributed by atoms with E-state index in [1.54, 1.807) is 6.07 Å². The highest BCUT2D eigenvalue weighted by atomic mass is 16.4. The lowest BCUT2D eigenvalue weighted by atomic mass is 9.89. The van der Waals surface area contributed by atoms with Crippen LogP contribution in [0.1, 0.15) is 70.2 Å². The summed E-state index contributed by atoms with van der Waals surface area (Å²) in [6, 6.07) is 5.54. The zero-order chi connectivity index (χ0) is 18.8. The largest absolute Gasteiger partial charge is 0.439 e. The fourth-order valence-corrected chi connectivity index (χ4v) is 3.25. The number of pyridine rings is 1. The Morgan fingerprint density at radius 1 is 1.00 bits per heavy atom. The molecule has 2 aromatic rings. The third-order valence-electron chi connectivity index (χ3n) is 5.39. The summed E-state index contributed by atoms with van der Waals surface area (Å²) >= 11 is 0. The smallest absolute Gasteiger partial charge is 0.197 e. The van der Waals surface area contributed by atoms with Gasteiger partial charge in [-0.05, 0) is 50.3 Å². The van der Waals surface area contributed by atoms with Gasteiger partial charge in [0.1, 0.15) is 11.3 Å². The number of nitrogens with zero attached hydrogens (tertiary/aromatic N) is 1. The Morgan fingerprint density at radius 3 is 2.08 bits per heavy atom. The quantitative estimate of drug-likeness (QED) is 0.697. The van der Waals surface area contributed by atoms with E-state index in [4.69, 9.17) is 10.2 Å². The number of anilines is 1. The summed E-state index contributed by atoms with van der Waals surface area (Å²) in [7, 11) is 0. The maximum atomic E-state index is 10.9. The van der Waals surface area contributed by atoms with E-state index in [1.165, 1.54) is 0 Å². The van der Waals surface area contributed by atoms with E-state index < -0.39 is 11.2 Å². The molecule has 2 aromatic heterocycles. The average Bonchev–Trinajstić information content (AvgIpc) is 3.03. The molecule has 2 heterocycles. The maximum Gasteiger partial charge on any atom is 0.197 e. The minimum Gasteiger partial charge on any atom is -0.439 e. The van der Waals surface area contributed by atoms with Gasteiger partial charge in [0.25, 0.3) is 0 Å². The van der Waals surface area contributed by atoms with Crippen LogP contribution in [-0.2, 0) is 11.2 Å². The molecular weight excluding hydrogens is 316 g/mol. The molecule has 0 fully saturated rings. The minimum absolute atomic E-state index is 0.214. The van der Waals surface area contributed by atoms with Gasteiger partial charge < -0.3 is 20.4 Å². The van der Waals surface area contributed by atoms with Crippen LogP contribution in [0, 0.1) is 6.92 Å². The van der Waals surface area contributed by atoms with Crippen molar-refractivity contribution in [3.63, 3.8) is 0 Å². The molecule has 2 rings (SSSR count). The molecule has 0 atom stereocenters. The second-order valence-corrected chi connectivity index (χ2v) is 6.73. The van der Waals surface area contributed by atoms with E-state index >= 15 is 0 Å². The lowest BCUT2D eigenvalue weighted by Gasteiger charge is -2.26. The van der Waals surface area contributed by atoms with Crippen molar-refractivity contribution in [2.75, 3.05) is 5.73 Å². The first kappa shape index (κ1) is 19.5. The van der Waals surface area contributed by atoms with Gasteiger partial charge in [0, 0.05) is 5.56 Å². The van der Waals surface area contributed by atoms with Crippen molar-refractivity contribution in [3.05, 3.63) is 35.0 Å². The zero-order valence-corrected chi connectivity index (χ0v) is 15.9. The van der Waals surface area contributed by atoms with E-state index in [0.29, 0.717) is 48.4 Å². The Labute approximate surface area is 149 Å². The number of hydrogen-bond donors (Lipinski definition) is 3. The van der Waals surface area contributed by atoms with Crippen LogP contribution in [-0.4, -0.2) is 15.2 Å². The van der Waals surface area contributed by atoms with Crippen LogP contribution in [0.4, 0.5) is 5.88 Å². The Hall–Kier alpha value is -1.85. The molecule has 25 heavy (non-hydrogen) atoms. The Balaban J connectivity index is 2.54. The predicted molar refractivity (Wildman–Crippen MR) is 100 cm³/mol. The third-order valence-corrected chi connectivity index (χ3v) is 5.39. The number of hydrogen-bond acceptors (Lipinski definition) is 5. The van der Waals surface area contributed by atoms with Crippen molar-refractivity contribution < 1.29 is 14.6 Å². The lowest BCUT2D eigenvalue weighted by molar-refractivity contribution is 0.0234. The molecule has 0 bridgehead atoms. The van der Waals surface area contributed by atoms with Crippen molar-refractivity contribution >= 4 is 5.88 Å². The van der Waals surface area contributed by atoms with Crippen molar-refractivity contribution in [1.29, 1.82) is 0 Å². The summed E-state index contributed by atoms with van der Waals surface area (Å²) in [4.78, 5) is 4.66. The highest BCUT2D eigenvalue weighted by Gasteiger charge is 2.32. The summed E-state index contributed by atoms with van der Waals surface area (Å²) in [5.74, 6) is 0.718. The van der Waals surface area contributed by atoms with Crippen LogP contribution < -0.4 is 5.73 Å². The number of furan rings is 1. The number of aromatic nitrogens is 1. The van der Waals surface area contributed by atoms with Crippen LogP contribution in [0.25, 0.3) is 11.5 Å². The molecule has 0 aliphatic heterocycles. The van der Waals surface area contributed by atoms with Gasteiger partial charge in [-0.2, -0.15) is 0 Å². The van der Waals surface area contributed by atoms with Gasteiger partial charge in [-0.1, -0.05) is 33.8 Å². The molecule has 0 amide bonds. The molecule has 0 aliphatic carbocycles. The highest BCUT2D eigenvalue weighted by molar-refractivity contribution is 5.60. The number of aliphatic hydroxyl groups is 2. The monoisotopic (exact) mass is 346 g/mol. The first-order chi connectivity index (χ1) is 11.7. The SMILES string of the molecule is CCC(O)(CC)c1cc(-c2ccc(C)c(C(O)(CC)CC)n2)oc1N. The van der Waals surface area contributed by atoms with Crippen molar-refractivity contribution in [2.45, 2.75) is 71.5 Å². The van der Waals surface area contributed by atoms with Crippen molar-refractivity contribution in [2.24, 2.45) is 0 Å². The summed E-state index contributed by atoms with van der Waals surface area (Å²) in [5.41, 5.74) is 6.85. The van der Waals surface area contributed by atoms with E-state index in [2.05, 4.69) is 4.98 Å². The third kappa shape index (κ3) is 3.44. The molecule has 0 unspecified atom stereocenters. The molecule has 0 saturated heterocycles. The van der Waals surface area contributed by atoms with Gasteiger partial charge in [-0.15, -0.1) is 0 Å². The molecule has 4 N–H and O–H groups in total. The lowest BCUT2D eigenvalue weighted by Crippen LogP contribution is -2.26. The molecule has 0 aliphatic rings. The van der Waals surface area contributed by atoms with E-state index in [9.17, 15) is 10.2 Å². The van der Waals surface area contributed by atoms with Gasteiger partial charge in [0.05, 0.1) is 11.3 Å². The van der Waals surface area contributed by atoms with Gasteiger partial charge in [0.15, 0.2) is 11.6 Å². The molecule has 138 valence electrons. The van der Waals surface area contributed by atoms with Crippen LogP contribution in [0.5, 0.6) is 0 Å². The normalized spacial score (nSPS) is 12.6. The summed E-state index contributed by atoms with van der Waals surface area (Å²) < 4.78 is 5.70. The van der Waals surface area contributed by atoms with E-state index in [-0.39, 0.29) is 5.88 Å². The standard InChI is InChI=1S/C20H30N2O3/c1-6-19(23,7-2)14-12-16(25-18(14)21)15-11-10-13(5)17(22-15)20(24,8-3)9-4/h10-12,23-24H,6-9,21H2,1-5H3. The predicted octanol–water partition coefficient (Wildman–Crippen LogP) is 4.25. The molecule has 0 saturated carbocycles. The number of nitrogen functional groups attached to an aromatic ring is 1. The fourth-order valence-electron chi connectivity index (χ4n) is 3.25. The average molecular weight is 346 g/mol. The Kier molecular flexibility index (Phi) is 5.59. The highest BCUT2D eigenvalue weighted by Crippen LogP contribution is 2.38. The van der Waals surface area contributed by atoms with Crippen LogP contribution in [0.3, 0.4) is 0 Å². The second-order valence-electron chi connectivity index (χ2n) is 6.73. The van der Waals surface area contributed by atoms with Gasteiger partial charge in [0.2, 0.25) is 0 Å². The van der Waals surface area contributed by atoms with Gasteiger partial charge in [-0.25, -0.2) is 4.98 Å². The Morgan fingerprint density at radius 2 is 1.56 bits per heavy atom. The van der Waals surface area contributed by atoms with Crippen LogP contribution in [0.2, 0.25) is 0 Å². The molecule has 0 spiro atoms. The number of nitrogens with two attached hydrogens (primary N) is 1. The molecule has 0 aromatic carbocycles. The number of rotatable bonds is 7. The molecule has 0 radical (unpaired) electrons. The van der Waals surface area contributed by atoms with Gasteiger partial charge >= 0.3 is 0 Å². The van der Waals surface area contributed by atoms with Crippen molar-refractivity contribution in [1.82, 2.24) is 4.98 Å². The van der Waals surface area contributed by atoms with E-state index in [0.717, 1.165) is 5.56 Å². The maximum absolute atomic E-state index is 10.9. The van der Waals surface area contributed by atoms with E-state index in [1.807, 2.05) is 46.8 Å². The van der Waals surface area contributed by atoms with Gasteiger partial charge in [-0.3, -0.25) is 0 Å². The van der Waals surface area contributed by atoms with Crippen molar-refractivity contribution in [3.8, 4) is 11.5 Å².